The molecule has 2 aliphatic heterocycles. The lowest BCUT2D eigenvalue weighted by atomic mass is 10.0. The molecule has 1 aromatic rings. The van der Waals surface area contributed by atoms with Crippen LogP contribution >= 0.6 is 24.0 Å². The maximum atomic E-state index is 12.6. The van der Waals surface area contributed by atoms with Gasteiger partial charge in [0.1, 0.15) is 5.75 Å². The van der Waals surface area contributed by atoms with E-state index in [4.69, 9.17) is 16.3 Å². The van der Waals surface area contributed by atoms with E-state index >= 15 is 0 Å². The Morgan fingerprint density at radius 2 is 2.00 bits per heavy atom. The number of benzene rings is 1. The third kappa shape index (κ3) is 2.73. The van der Waals surface area contributed by atoms with E-state index in [9.17, 15) is 4.79 Å². The standard InChI is InChI=1S/C14H17ClN2O2.ClH/c1-19-13-4-11(15)2-3-12(13)14(18)17-7-9-5-16-6-10(9)8-17;/h2-4,9-10,16H,5-8H2,1H3;1H/t9-,10+;. The molecule has 2 fully saturated rings. The number of ether oxygens (including phenoxy) is 1. The summed E-state index contributed by atoms with van der Waals surface area (Å²) in [4.78, 5) is 14.5. The molecule has 2 aliphatic rings. The molecule has 2 heterocycles. The van der Waals surface area contributed by atoms with E-state index in [1.54, 1.807) is 25.3 Å². The van der Waals surface area contributed by atoms with Crippen LogP contribution in [-0.4, -0.2) is 44.1 Å². The third-order valence-electron chi connectivity index (χ3n) is 4.07. The normalized spacial score (nSPS) is 24.2. The highest BCUT2D eigenvalue weighted by Crippen LogP contribution is 2.30. The van der Waals surface area contributed by atoms with Crippen LogP contribution < -0.4 is 10.1 Å². The molecule has 1 amide bonds. The van der Waals surface area contributed by atoms with Gasteiger partial charge >= 0.3 is 0 Å². The maximum Gasteiger partial charge on any atom is 0.257 e. The number of likely N-dealkylation sites (tertiary alicyclic amines) is 1. The number of methoxy groups -OCH3 is 1. The van der Waals surface area contributed by atoms with Crippen molar-refractivity contribution in [2.24, 2.45) is 11.8 Å². The maximum absolute atomic E-state index is 12.6. The van der Waals surface area contributed by atoms with Crippen molar-refractivity contribution in [3.63, 3.8) is 0 Å². The molecule has 0 aliphatic carbocycles. The van der Waals surface area contributed by atoms with Gasteiger partial charge in [-0.15, -0.1) is 12.4 Å². The number of rotatable bonds is 2. The Kier molecular flexibility index (Phi) is 4.78. The average molecular weight is 317 g/mol. The van der Waals surface area contributed by atoms with Crippen molar-refractivity contribution in [3.8, 4) is 5.75 Å². The first-order chi connectivity index (χ1) is 9.19. The molecule has 0 saturated carbocycles. The van der Waals surface area contributed by atoms with Gasteiger partial charge in [-0.25, -0.2) is 0 Å². The summed E-state index contributed by atoms with van der Waals surface area (Å²) in [6.45, 7) is 3.71. The number of hydrogen-bond acceptors (Lipinski definition) is 3. The van der Waals surface area contributed by atoms with Gasteiger partial charge in [-0.05, 0) is 30.0 Å². The van der Waals surface area contributed by atoms with Crippen molar-refractivity contribution in [2.75, 3.05) is 33.3 Å². The minimum absolute atomic E-state index is 0. The lowest BCUT2D eigenvalue weighted by molar-refractivity contribution is 0.0778. The van der Waals surface area contributed by atoms with Crippen LogP contribution in [0.2, 0.25) is 5.02 Å². The fourth-order valence-electron chi connectivity index (χ4n) is 3.03. The van der Waals surface area contributed by atoms with Gasteiger partial charge in [0.15, 0.2) is 0 Å². The van der Waals surface area contributed by atoms with Crippen molar-refractivity contribution < 1.29 is 9.53 Å². The molecule has 2 saturated heterocycles. The summed E-state index contributed by atoms with van der Waals surface area (Å²) < 4.78 is 5.26. The average Bonchev–Trinajstić information content (AvgIpc) is 2.98. The second-order valence-electron chi connectivity index (χ2n) is 5.23. The molecule has 4 nitrogen and oxygen atoms in total. The summed E-state index contributed by atoms with van der Waals surface area (Å²) in [5.41, 5.74) is 0.597. The fourth-order valence-corrected chi connectivity index (χ4v) is 3.20. The van der Waals surface area contributed by atoms with E-state index in [0.717, 1.165) is 26.2 Å². The molecule has 6 heteroatoms. The Morgan fingerprint density at radius 3 is 2.60 bits per heavy atom. The second-order valence-corrected chi connectivity index (χ2v) is 5.67. The molecule has 0 bridgehead atoms. The summed E-state index contributed by atoms with van der Waals surface area (Å²) in [7, 11) is 1.56. The predicted octanol–water partition coefficient (Wildman–Crippen LogP) is 2.06. The Morgan fingerprint density at radius 1 is 1.35 bits per heavy atom. The summed E-state index contributed by atoms with van der Waals surface area (Å²) in [6.07, 6.45) is 0. The summed E-state index contributed by atoms with van der Waals surface area (Å²) in [5.74, 6) is 1.79. The summed E-state index contributed by atoms with van der Waals surface area (Å²) in [6, 6.07) is 5.17. The highest BCUT2D eigenvalue weighted by molar-refractivity contribution is 6.30. The lowest BCUT2D eigenvalue weighted by Gasteiger charge is -2.19. The van der Waals surface area contributed by atoms with E-state index < -0.39 is 0 Å². The van der Waals surface area contributed by atoms with Crippen LogP contribution in [0, 0.1) is 11.8 Å². The van der Waals surface area contributed by atoms with Crippen molar-refractivity contribution in [1.29, 1.82) is 0 Å². The molecule has 1 aromatic carbocycles. The van der Waals surface area contributed by atoms with Crippen LogP contribution in [-0.2, 0) is 0 Å². The minimum Gasteiger partial charge on any atom is -0.496 e. The Balaban J connectivity index is 0.00000147. The number of carbonyl (C=O) groups is 1. The minimum atomic E-state index is 0. The second kappa shape index (κ2) is 6.20. The SMILES string of the molecule is COc1cc(Cl)ccc1C(=O)N1C[C@H]2CNC[C@H]2C1.Cl. The summed E-state index contributed by atoms with van der Waals surface area (Å²) >= 11 is 5.92. The first-order valence-corrected chi connectivity index (χ1v) is 6.90. The van der Waals surface area contributed by atoms with Gasteiger partial charge in [0.2, 0.25) is 0 Å². The van der Waals surface area contributed by atoms with Gasteiger partial charge in [0, 0.05) is 31.2 Å². The Hall–Kier alpha value is -0.970. The first-order valence-electron chi connectivity index (χ1n) is 6.52. The molecule has 1 N–H and O–H groups in total. The molecule has 0 radical (unpaired) electrons. The van der Waals surface area contributed by atoms with E-state index in [0.29, 0.717) is 28.2 Å². The van der Waals surface area contributed by atoms with Crippen molar-refractivity contribution in [1.82, 2.24) is 10.2 Å². The number of carbonyl (C=O) groups excluding carboxylic acids is 1. The molecule has 0 aromatic heterocycles. The Bertz CT molecular complexity index is 498. The van der Waals surface area contributed by atoms with Gasteiger partial charge in [-0.3, -0.25) is 4.79 Å². The quantitative estimate of drug-likeness (QED) is 0.908. The highest BCUT2D eigenvalue weighted by Gasteiger charge is 2.38. The van der Waals surface area contributed by atoms with Crippen LogP contribution in [0.3, 0.4) is 0 Å². The van der Waals surface area contributed by atoms with Crippen molar-refractivity contribution in [2.45, 2.75) is 0 Å². The predicted molar refractivity (Wildman–Crippen MR) is 81.0 cm³/mol. The number of halogens is 2. The zero-order valence-electron chi connectivity index (χ0n) is 11.3. The van der Waals surface area contributed by atoms with E-state index in [2.05, 4.69) is 5.32 Å². The molecular formula is C14H18Cl2N2O2. The van der Waals surface area contributed by atoms with Crippen LogP contribution in [0.4, 0.5) is 0 Å². The highest BCUT2D eigenvalue weighted by atomic mass is 35.5. The van der Waals surface area contributed by atoms with E-state index in [1.165, 1.54) is 0 Å². The van der Waals surface area contributed by atoms with Gasteiger partial charge in [0.25, 0.3) is 5.91 Å². The lowest BCUT2D eigenvalue weighted by Crippen LogP contribution is -2.32. The fraction of sp³-hybridized carbons (Fsp3) is 0.500. The zero-order valence-corrected chi connectivity index (χ0v) is 12.8. The summed E-state index contributed by atoms with van der Waals surface area (Å²) in [5, 5.41) is 3.95. The van der Waals surface area contributed by atoms with E-state index in [1.807, 2.05) is 4.90 Å². The monoisotopic (exact) mass is 316 g/mol. The van der Waals surface area contributed by atoms with Gasteiger partial charge in [0.05, 0.1) is 12.7 Å². The number of hydrogen-bond donors (Lipinski definition) is 1. The van der Waals surface area contributed by atoms with Crippen molar-refractivity contribution >= 4 is 29.9 Å². The number of nitrogens with one attached hydrogen (secondary N) is 1. The molecule has 2 atom stereocenters. The molecule has 0 unspecified atom stereocenters. The topological polar surface area (TPSA) is 41.6 Å². The zero-order chi connectivity index (χ0) is 13.4. The number of nitrogens with zero attached hydrogens (tertiary/aromatic N) is 1. The molecule has 3 rings (SSSR count). The van der Waals surface area contributed by atoms with Crippen LogP contribution in [0.5, 0.6) is 5.75 Å². The largest absolute Gasteiger partial charge is 0.496 e. The molecule has 0 spiro atoms. The van der Waals surface area contributed by atoms with Crippen LogP contribution in [0.25, 0.3) is 0 Å². The molecule has 20 heavy (non-hydrogen) atoms. The van der Waals surface area contributed by atoms with Crippen LogP contribution in [0.15, 0.2) is 18.2 Å². The van der Waals surface area contributed by atoms with Gasteiger partial charge < -0.3 is 15.0 Å². The van der Waals surface area contributed by atoms with Crippen LogP contribution in [0.1, 0.15) is 10.4 Å². The molecule has 110 valence electrons. The van der Waals surface area contributed by atoms with Gasteiger partial charge in [-0.1, -0.05) is 11.6 Å². The molecular weight excluding hydrogens is 299 g/mol. The first kappa shape index (κ1) is 15.4. The number of amides is 1. The third-order valence-corrected chi connectivity index (χ3v) is 4.31. The van der Waals surface area contributed by atoms with Crippen molar-refractivity contribution in [3.05, 3.63) is 28.8 Å². The smallest absolute Gasteiger partial charge is 0.257 e. The van der Waals surface area contributed by atoms with E-state index in [-0.39, 0.29) is 18.3 Å². The Labute approximate surface area is 129 Å². The van der Waals surface area contributed by atoms with Gasteiger partial charge in [-0.2, -0.15) is 0 Å². The number of fused-ring (bicyclic) bond motifs is 1.